The van der Waals surface area contributed by atoms with Gasteiger partial charge in [0.05, 0.1) is 0 Å². The summed E-state index contributed by atoms with van der Waals surface area (Å²) >= 11 is 0. The zero-order chi connectivity index (χ0) is 14.4. The van der Waals surface area contributed by atoms with Crippen molar-refractivity contribution < 1.29 is 42.1 Å². The summed E-state index contributed by atoms with van der Waals surface area (Å²) in [5.74, 6) is -3.15. The third-order valence-corrected chi connectivity index (χ3v) is 3.26. The van der Waals surface area contributed by atoms with E-state index in [1.165, 1.54) is 0 Å². The van der Waals surface area contributed by atoms with E-state index in [-0.39, 0.29) is 5.56 Å². The van der Waals surface area contributed by atoms with Gasteiger partial charge in [0.15, 0.2) is 17.3 Å². The quantitative estimate of drug-likeness (QED) is 0.717. The fraction of sp³-hybridized carbons (Fsp3) is 0.333. The maximum Gasteiger partial charge on any atom is 0.468 e. The maximum atomic E-state index is 12.9. The topological polar surface area (TPSA) is 96.2 Å². The summed E-state index contributed by atoms with van der Waals surface area (Å²) in [5, 5.41) is 9.33. The van der Waals surface area contributed by atoms with Gasteiger partial charge in [0.25, 0.3) is 0 Å². The predicted molar refractivity (Wildman–Crippen MR) is 54.5 cm³/mol. The number of hydrogen-bond acceptors (Lipinski definition) is 4. The lowest BCUT2D eigenvalue weighted by Gasteiger charge is -2.28. The van der Waals surface area contributed by atoms with Crippen molar-refractivity contribution in [3.63, 3.8) is 0 Å². The van der Waals surface area contributed by atoms with Crippen LogP contribution in [0, 0.1) is 0 Å². The van der Waals surface area contributed by atoms with Gasteiger partial charge < -0.3 is 24.4 Å². The highest BCUT2D eigenvalue weighted by atomic mass is 31.2. The van der Waals surface area contributed by atoms with Crippen LogP contribution in [0.25, 0.3) is 0 Å². The molecule has 1 aliphatic rings. The number of hydrogen-bond donors (Lipinski definition) is 3. The van der Waals surface area contributed by atoms with E-state index in [9.17, 15) is 22.8 Å². The molecule has 2 atom stereocenters. The average Bonchev–Trinajstić information content (AvgIpc) is 2.27. The molecule has 10 heteroatoms. The van der Waals surface area contributed by atoms with Gasteiger partial charge in [-0.2, -0.15) is 13.2 Å². The van der Waals surface area contributed by atoms with E-state index >= 15 is 0 Å². The van der Waals surface area contributed by atoms with Crippen molar-refractivity contribution in [1.82, 2.24) is 0 Å². The minimum Gasteiger partial charge on any atom is -0.447 e. The molecule has 2 rings (SSSR count). The second-order valence-electron chi connectivity index (χ2n) is 3.77. The van der Waals surface area contributed by atoms with Gasteiger partial charge in [-0.1, -0.05) is 6.07 Å². The largest absolute Gasteiger partial charge is 0.468 e. The van der Waals surface area contributed by atoms with Crippen LogP contribution in [-0.4, -0.2) is 27.4 Å². The highest BCUT2D eigenvalue weighted by Crippen LogP contribution is 2.51. The van der Waals surface area contributed by atoms with Crippen LogP contribution < -0.4 is 9.47 Å². The molecule has 0 fully saturated rings. The van der Waals surface area contributed by atoms with Crippen LogP contribution in [0.2, 0.25) is 0 Å². The monoisotopic (exact) mass is 300 g/mol. The molecule has 0 aliphatic carbocycles. The van der Waals surface area contributed by atoms with Crippen molar-refractivity contribution in [3.05, 3.63) is 23.8 Å². The van der Waals surface area contributed by atoms with Crippen molar-refractivity contribution in [2.45, 2.75) is 18.3 Å². The molecule has 0 saturated carbocycles. The summed E-state index contributed by atoms with van der Waals surface area (Å²) in [7, 11) is -4.84. The molecule has 6 nitrogen and oxygen atoms in total. The molecule has 0 radical (unpaired) electrons. The van der Waals surface area contributed by atoms with Crippen molar-refractivity contribution in [2.75, 3.05) is 0 Å². The number of rotatable bonds is 2. The standard InChI is InChI=1S/C9H8F3O6P/c10-8-9(11,12)18-5-2-1-4(3-6(5)17-8)7(13)19(14,15)16/h1-3,7-8,13H,(H2,14,15,16). The van der Waals surface area contributed by atoms with E-state index < -0.39 is 37.4 Å². The van der Waals surface area contributed by atoms with Crippen LogP contribution in [0.5, 0.6) is 11.5 Å². The van der Waals surface area contributed by atoms with Crippen LogP contribution in [0.4, 0.5) is 13.2 Å². The second kappa shape index (κ2) is 4.38. The zero-order valence-electron chi connectivity index (χ0n) is 9.03. The highest BCUT2D eigenvalue weighted by Gasteiger charge is 2.49. The summed E-state index contributed by atoms with van der Waals surface area (Å²) in [6.07, 6.45) is -7.21. The van der Waals surface area contributed by atoms with Gasteiger partial charge >= 0.3 is 20.1 Å². The third kappa shape index (κ3) is 2.69. The average molecular weight is 300 g/mol. The Morgan fingerprint density at radius 3 is 2.53 bits per heavy atom. The van der Waals surface area contributed by atoms with Crippen LogP contribution in [0.15, 0.2) is 18.2 Å². The molecule has 0 bridgehead atoms. The summed E-state index contributed by atoms with van der Waals surface area (Å²) in [6, 6.07) is 2.67. The van der Waals surface area contributed by atoms with Gasteiger partial charge in [-0.15, -0.1) is 0 Å². The molecule has 0 saturated heterocycles. The Bertz CT molecular complexity index is 545. The SMILES string of the molecule is O=P(O)(O)C(O)c1ccc2c(c1)OC(F)C(F)(F)O2. The van der Waals surface area contributed by atoms with E-state index in [2.05, 4.69) is 9.47 Å². The van der Waals surface area contributed by atoms with E-state index in [1.807, 2.05) is 0 Å². The molecular weight excluding hydrogens is 292 g/mol. The molecule has 1 aromatic rings. The molecule has 1 aromatic carbocycles. The first-order valence-electron chi connectivity index (χ1n) is 4.86. The van der Waals surface area contributed by atoms with Crippen LogP contribution in [0.3, 0.4) is 0 Å². The number of benzene rings is 1. The summed E-state index contributed by atoms with van der Waals surface area (Å²) in [5.41, 5.74) is -0.312. The van der Waals surface area contributed by atoms with Gasteiger partial charge in [-0.25, -0.2) is 0 Å². The number of halogens is 3. The molecular formula is C9H8F3O6P. The van der Waals surface area contributed by atoms with E-state index in [0.717, 1.165) is 18.2 Å². The molecule has 0 amide bonds. The van der Waals surface area contributed by atoms with Crippen molar-refractivity contribution >= 4 is 7.60 Å². The number of fused-ring (bicyclic) bond motifs is 1. The Hall–Kier alpha value is -1.28. The summed E-state index contributed by atoms with van der Waals surface area (Å²) < 4.78 is 57.7. The minimum atomic E-state index is -4.84. The Kier molecular flexibility index (Phi) is 3.26. The van der Waals surface area contributed by atoms with Crippen molar-refractivity contribution in [1.29, 1.82) is 0 Å². The Morgan fingerprint density at radius 1 is 1.32 bits per heavy atom. The molecule has 1 aliphatic heterocycles. The van der Waals surface area contributed by atoms with Crippen LogP contribution in [0.1, 0.15) is 11.4 Å². The van der Waals surface area contributed by atoms with E-state index in [1.54, 1.807) is 0 Å². The zero-order valence-corrected chi connectivity index (χ0v) is 9.93. The first kappa shape index (κ1) is 14.1. The van der Waals surface area contributed by atoms with Crippen molar-refractivity contribution in [2.24, 2.45) is 0 Å². The summed E-state index contributed by atoms with van der Waals surface area (Å²) in [6.45, 7) is 0. The number of aliphatic hydroxyl groups excluding tert-OH is 1. The van der Waals surface area contributed by atoms with Crippen molar-refractivity contribution in [3.8, 4) is 11.5 Å². The van der Waals surface area contributed by atoms with E-state index in [4.69, 9.17) is 9.79 Å². The fourth-order valence-corrected chi connectivity index (χ4v) is 1.98. The predicted octanol–water partition coefficient (Wildman–Crippen LogP) is 1.51. The minimum absolute atomic E-state index is 0.312. The molecule has 106 valence electrons. The van der Waals surface area contributed by atoms with Gasteiger partial charge in [0.1, 0.15) is 0 Å². The van der Waals surface area contributed by atoms with Crippen LogP contribution >= 0.6 is 7.60 Å². The van der Waals surface area contributed by atoms with Gasteiger partial charge in [0, 0.05) is 0 Å². The summed E-state index contributed by atoms with van der Waals surface area (Å²) in [4.78, 5) is 17.5. The molecule has 3 N–H and O–H groups in total. The number of aliphatic hydroxyl groups is 1. The van der Waals surface area contributed by atoms with Gasteiger partial charge in [-0.3, -0.25) is 4.57 Å². The molecule has 1 heterocycles. The Morgan fingerprint density at radius 2 is 1.95 bits per heavy atom. The third-order valence-electron chi connectivity index (χ3n) is 2.33. The first-order valence-corrected chi connectivity index (χ1v) is 6.54. The van der Waals surface area contributed by atoms with Crippen LogP contribution in [-0.2, 0) is 4.57 Å². The first-order chi connectivity index (χ1) is 8.61. The lowest BCUT2D eigenvalue weighted by Crippen LogP contribution is -2.43. The molecule has 19 heavy (non-hydrogen) atoms. The molecule has 0 aromatic heterocycles. The highest BCUT2D eigenvalue weighted by molar-refractivity contribution is 7.51. The second-order valence-corrected chi connectivity index (χ2v) is 5.43. The van der Waals surface area contributed by atoms with Gasteiger partial charge in [0.2, 0.25) is 0 Å². The number of ether oxygens (including phenoxy) is 2. The Labute approximate surface area is 104 Å². The Balaban J connectivity index is 2.36. The lowest BCUT2D eigenvalue weighted by molar-refractivity contribution is -0.281. The molecule has 2 unspecified atom stereocenters. The lowest BCUT2D eigenvalue weighted by atomic mass is 10.2. The smallest absolute Gasteiger partial charge is 0.447 e. The number of alkyl halides is 3. The van der Waals surface area contributed by atoms with Gasteiger partial charge in [-0.05, 0) is 17.7 Å². The fourth-order valence-electron chi connectivity index (χ4n) is 1.43. The van der Waals surface area contributed by atoms with E-state index in [0.29, 0.717) is 0 Å². The normalized spacial score (nSPS) is 22.9. The maximum absolute atomic E-state index is 12.9. The molecule has 0 spiro atoms.